The lowest BCUT2D eigenvalue weighted by Crippen LogP contribution is -2.21. The van der Waals surface area contributed by atoms with Gasteiger partial charge in [0, 0.05) is 18.3 Å². The molecule has 0 saturated carbocycles. The highest BCUT2D eigenvalue weighted by Gasteiger charge is 2.11. The summed E-state index contributed by atoms with van der Waals surface area (Å²) in [6.07, 6.45) is 0.742. The van der Waals surface area contributed by atoms with Crippen molar-refractivity contribution in [1.29, 1.82) is 0 Å². The van der Waals surface area contributed by atoms with E-state index < -0.39 is 0 Å². The molecule has 0 aliphatic heterocycles. The Bertz CT molecular complexity index is 939. The van der Waals surface area contributed by atoms with Gasteiger partial charge in [-0.25, -0.2) is 9.78 Å². The van der Waals surface area contributed by atoms with Crippen molar-refractivity contribution in [3.63, 3.8) is 0 Å². The Labute approximate surface area is 159 Å². The molecule has 2 amide bonds. The zero-order valence-corrected chi connectivity index (χ0v) is 15.6. The Balaban J connectivity index is 1.74. The molecule has 0 unspecified atom stereocenters. The van der Waals surface area contributed by atoms with Crippen LogP contribution in [0.1, 0.15) is 31.9 Å². The molecule has 139 valence electrons. The van der Waals surface area contributed by atoms with Gasteiger partial charge in [0.25, 0.3) is 0 Å². The van der Waals surface area contributed by atoms with Gasteiger partial charge in [0.05, 0.1) is 5.69 Å². The number of urea groups is 1. The summed E-state index contributed by atoms with van der Waals surface area (Å²) in [6, 6.07) is 15.3. The number of carbonyl (C=O) groups excluding carboxylic acids is 1. The Morgan fingerprint density at radius 2 is 1.81 bits per heavy atom. The number of hydrogen-bond donors (Lipinski definition) is 3. The number of hydrogen-bond acceptors (Lipinski definition) is 4. The highest BCUT2D eigenvalue weighted by atomic mass is 16.2. The summed E-state index contributed by atoms with van der Waals surface area (Å²) < 4.78 is 0. The summed E-state index contributed by atoms with van der Waals surface area (Å²) in [6.45, 7) is 8.61. The van der Waals surface area contributed by atoms with Crippen molar-refractivity contribution in [3.05, 3.63) is 61.1 Å². The molecule has 3 rings (SSSR count). The van der Waals surface area contributed by atoms with Crippen LogP contribution in [-0.4, -0.2) is 22.5 Å². The van der Waals surface area contributed by atoms with E-state index in [4.69, 9.17) is 0 Å². The second kappa shape index (κ2) is 8.49. The highest BCUT2D eigenvalue weighted by Crippen LogP contribution is 2.20. The molecule has 0 fully saturated rings. The van der Waals surface area contributed by atoms with Gasteiger partial charge in [-0.2, -0.15) is 4.98 Å². The molecular formula is C21H24N5O. The molecular weight excluding hydrogens is 338 g/mol. The average Bonchev–Trinajstić information content (AvgIpc) is 2.66. The summed E-state index contributed by atoms with van der Waals surface area (Å²) in [5.74, 6) is 1.17. The average molecular weight is 362 g/mol. The molecule has 0 saturated heterocycles. The monoisotopic (exact) mass is 362 g/mol. The number of aromatic nitrogens is 2. The van der Waals surface area contributed by atoms with E-state index in [1.54, 1.807) is 0 Å². The van der Waals surface area contributed by atoms with Gasteiger partial charge in [-0.05, 0) is 35.2 Å². The van der Waals surface area contributed by atoms with Crippen LogP contribution in [0.5, 0.6) is 0 Å². The minimum absolute atomic E-state index is 0.220. The number of benzene rings is 2. The molecule has 0 bridgehead atoms. The molecule has 27 heavy (non-hydrogen) atoms. The van der Waals surface area contributed by atoms with E-state index in [2.05, 4.69) is 32.8 Å². The second-order valence-electron chi connectivity index (χ2n) is 6.58. The van der Waals surface area contributed by atoms with Crippen LogP contribution in [-0.2, 0) is 0 Å². The van der Waals surface area contributed by atoms with Crippen LogP contribution in [0.3, 0.4) is 0 Å². The topological polar surface area (TPSA) is 78.9 Å². The van der Waals surface area contributed by atoms with Crippen LogP contribution in [0.2, 0.25) is 0 Å². The predicted molar refractivity (Wildman–Crippen MR) is 111 cm³/mol. The van der Waals surface area contributed by atoms with Crippen LogP contribution in [0.4, 0.5) is 22.2 Å². The number of nitrogens with zero attached hydrogens (tertiary/aromatic N) is 2. The molecule has 0 spiro atoms. The number of anilines is 3. The van der Waals surface area contributed by atoms with E-state index in [9.17, 15) is 4.79 Å². The van der Waals surface area contributed by atoms with Gasteiger partial charge in [-0.15, -0.1) is 0 Å². The van der Waals surface area contributed by atoms with E-state index >= 15 is 0 Å². The standard InChI is InChI=1S/C21H24N5O/c1-4-11-22-19-13-18(14(2)3)24-20(25-19)26-21(27)23-17-10-9-15-7-5-6-8-16(15)12-17/h5-10,12-14H,1,4,11H2,2-3H3,(H3,22,23,24,25,26,27). The first-order chi connectivity index (χ1) is 13.0. The summed E-state index contributed by atoms with van der Waals surface area (Å²) in [5.41, 5.74) is 1.57. The van der Waals surface area contributed by atoms with Crippen LogP contribution in [0, 0.1) is 6.92 Å². The number of rotatable bonds is 6. The van der Waals surface area contributed by atoms with E-state index in [1.165, 1.54) is 0 Å². The fourth-order valence-corrected chi connectivity index (χ4v) is 2.66. The maximum atomic E-state index is 12.4. The minimum atomic E-state index is -0.380. The molecule has 2 aromatic carbocycles. The first-order valence-electron chi connectivity index (χ1n) is 9.04. The SMILES string of the molecule is [CH2]CCNc1cc(C(C)C)nc(NC(=O)Nc2ccc3ccccc3c2)n1. The lowest BCUT2D eigenvalue weighted by Gasteiger charge is -2.12. The van der Waals surface area contributed by atoms with E-state index in [0.29, 0.717) is 18.1 Å². The van der Waals surface area contributed by atoms with Gasteiger partial charge in [-0.3, -0.25) is 5.32 Å². The lowest BCUT2D eigenvalue weighted by atomic mass is 10.1. The molecule has 1 radical (unpaired) electrons. The Morgan fingerprint density at radius 3 is 2.56 bits per heavy atom. The third-order valence-electron chi connectivity index (χ3n) is 4.05. The molecule has 0 atom stereocenters. The van der Waals surface area contributed by atoms with Crippen LogP contribution in [0.25, 0.3) is 10.8 Å². The maximum absolute atomic E-state index is 12.4. The summed E-state index contributed by atoms with van der Waals surface area (Å²) in [5, 5.41) is 10.9. The fourth-order valence-electron chi connectivity index (χ4n) is 2.66. The third-order valence-corrected chi connectivity index (χ3v) is 4.05. The number of fused-ring (bicyclic) bond motifs is 1. The van der Waals surface area contributed by atoms with Gasteiger partial charge in [0.2, 0.25) is 5.95 Å². The minimum Gasteiger partial charge on any atom is -0.370 e. The highest BCUT2D eigenvalue weighted by molar-refractivity contribution is 6.00. The second-order valence-corrected chi connectivity index (χ2v) is 6.58. The van der Waals surface area contributed by atoms with Crippen molar-refractivity contribution >= 4 is 34.3 Å². The van der Waals surface area contributed by atoms with Crippen molar-refractivity contribution in [2.24, 2.45) is 0 Å². The smallest absolute Gasteiger partial charge is 0.326 e. The van der Waals surface area contributed by atoms with Gasteiger partial charge < -0.3 is 10.6 Å². The maximum Gasteiger partial charge on any atom is 0.326 e. The number of carbonyl (C=O) groups is 1. The van der Waals surface area contributed by atoms with Gasteiger partial charge in [0.1, 0.15) is 5.82 Å². The molecule has 0 aliphatic carbocycles. The Kier molecular flexibility index (Phi) is 5.86. The third kappa shape index (κ3) is 4.94. The van der Waals surface area contributed by atoms with Crippen molar-refractivity contribution in [2.45, 2.75) is 26.2 Å². The van der Waals surface area contributed by atoms with Crippen molar-refractivity contribution in [2.75, 3.05) is 22.5 Å². The molecule has 1 heterocycles. The molecule has 3 aromatic rings. The van der Waals surface area contributed by atoms with Crippen molar-refractivity contribution in [1.82, 2.24) is 9.97 Å². The Hall–Kier alpha value is -3.15. The Morgan fingerprint density at radius 1 is 1.04 bits per heavy atom. The van der Waals surface area contributed by atoms with Crippen molar-refractivity contribution in [3.8, 4) is 0 Å². The van der Waals surface area contributed by atoms with E-state index in [0.717, 1.165) is 22.9 Å². The summed E-state index contributed by atoms with van der Waals surface area (Å²) in [7, 11) is 0. The predicted octanol–water partition coefficient (Wildman–Crippen LogP) is 5.03. The molecule has 6 nitrogen and oxygen atoms in total. The molecule has 6 heteroatoms. The van der Waals surface area contributed by atoms with Gasteiger partial charge in [-0.1, -0.05) is 51.1 Å². The van der Waals surface area contributed by atoms with Gasteiger partial charge in [0.15, 0.2) is 0 Å². The zero-order chi connectivity index (χ0) is 19.2. The lowest BCUT2D eigenvalue weighted by molar-refractivity contribution is 0.262. The number of amides is 2. The molecule has 3 N–H and O–H groups in total. The van der Waals surface area contributed by atoms with Crippen LogP contribution >= 0.6 is 0 Å². The van der Waals surface area contributed by atoms with Gasteiger partial charge >= 0.3 is 6.03 Å². The molecule has 0 aliphatic rings. The first kappa shape index (κ1) is 18.6. The van der Waals surface area contributed by atoms with Crippen molar-refractivity contribution < 1.29 is 4.79 Å². The summed E-state index contributed by atoms with van der Waals surface area (Å²) >= 11 is 0. The number of nitrogens with one attached hydrogen (secondary N) is 3. The van der Waals surface area contributed by atoms with E-state index in [1.807, 2.05) is 62.4 Å². The van der Waals surface area contributed by atoms with Crippen LogP contribution in [0.15, 0.2) is 48.5 Å². The van der Waals surface area contributed by atoms with E-state index in [-0.39, 0.29) is 17.9 Å². The normalized spacial score (nSPS) is 10.8. The first-order valence-corrected chi connectivity index (χ1v) is 9.04. The quantitative estimate of drug-likeness (QED) is 0.574. The summed E-state index contributed by atoms with van der Waals surface area (Å²) in [4.78, 5) is 21.2. The van der Waals surface area contributed by atoms with Crippen LogP contribution < -0.4 is 16.0 Å². The molecule has 1 aromatic heterocycles. The largest absolute Gasteiger partial charge is 0.370 e. The fraction of sp³-hybridized carbons (Fsp3) is 0.238. The zero-order valence-electron chi connectivity index (χ0n) is 15.6.